The Balaban J connectivity index is 2.93. The van der Waals surface area contributed by atoms with Gasteiger partial charge in [0, 0.05) is 12.5 Å². The summed E-state index contributed by atoms with van der Waals surface area (Å²) in [6.07, 6.45) is 0.108. The normalized spacial score (nSPS) is 13.2. The van der Waals surface area contributed by atoms with Crippen LogP contribution in [0.2, 0.25) is 0 Å². The third kappa shape index (κ3) is 4.75. The number of hydrogen-bond acceptors (Lipinski definition) is 4. The van der Waals surface area contributed by atoms with Crippen LogP contribution in [-0.4, -0.2) is 32.7 Å². The molecule has 0 heterocycles. The molecule has 2 N–H and O–H groups in total. The van der Waals surface area contributed by atoms with E-state index < -0.39 is 26.4 Å². The van der Waals surface area contributed by atoms with Crippen LogP contribution in [0, 0.1) is 0 Å². The summed E-state index contributed by atoms with van der Waals surface area (Å²) < 4.78 is 48.3. The first-order chi connectivity index (χ1) is 9.78. The first kappa shape index (κ1) is 17.5. The molecule has 0 saturated carbocycles. The number of alkyl halides is 2. The second-order valence-corrected chi connectivity index (χ2v) is 6.40. The van der Waals surface area contributed by atoms with Crippen LogP contribution in [0.1, 0.15) is 20.3 Å². The van der Waals surface area contributed by atoms with Crippen molar-refractivity contribution >= 4 is 21.4 Å². The summed E-state index contributed by atoms with van der Waals surface area (Å²) in [6, 6.07) is 5.02. The average Bonchev–Trinajstić information content (AvgIpc) is 2.38. The summed E-state index contributed by atoms with van der Waals surface area (Å²) in [4.78, 5) is 11.2. The zero-order valence-corrected chi connectivity index (χ0v) is 12.6. The highest BCUT2D eigenvalue weighted by Gasteiger charge is 2.29. The minimum atomic E-state index is -4.76. The van der Waals surface area contributed by atoms with E-state index in [9.17, 15) is 22.0 Å². The van der Waals surface area contributed by atoms with E-state index in [1.807, 2.05) is 6.92 Å². The Morgan fingerprint density at radius 1 is 1.29 bits per heavy atom. The molecule has 0 aliphatic carbocycles. The Morgan fingerprint density at radius 3 is 2.48 bits per heavy atom. The largest absolute Gasteiger partial charge is 0.341 e. The maximum Gasteiger partial charge on any atom is 0.341 e. The Labute approximate surface area is 122 Å². The van der Waals surface area contributed by atoms with Crippen LogP contribution in [0.15, 0.2) is 29.2 Å². The van der Waals surface area contributed by atoms with Gasteiger partial charge in [-0.1, -0.05) is 19.1 Å². The molecule has 118 valence electrons. The van der Waals surface area contributed by atoms with E-state index in [2.05, 4.69) is 10.6 Å². The van der Waals surface area contributed by atoms with Crippen LogP contribution in [0.5, 0.6) is 0 Å². The monoisotopic (exact) mass is 320 g/mol. The summed E-state index contributed by atoms with van der Waals surface area (Å²) in [5, 5.41) is 5.40. The molecular formula is C13H18F2N2O3S. The molecule has 1 aromatic carbocycles. The Morgan fingerprint density at radius 2 is 1.90 bits per heavy atom. The number of anilines is 1. The van der Waals surface area contributed by atoms with Crippen molar-refractivity contribution in [3.05, 3.63) is 24.3 Å². The third-order valence-corrected chi connectivity index (χ3v) is 4.18. The Kier molecular flexibility index (Phi) is 6.22. The van der Waals surface area contributed by atoms with Crippen molar-refractivity contribution in [1.29, 1.82) is 0 Å². The van der Waals surface area contributed by atoms with Gasteiger partial charge in [-0.3, -0.25) is 4.79 Å². The summed E-state index contributed by atoms with van der Waals surface area (Å²) in [5.41, 5.74) is -0.133. The van der Waals surface area contributed by atoms with Crippen molar-refractivity contribution in [2.75, 3.05) is 11.9 Å². The summed E-state index contributed by atoms with van der Waals surface area (Å²) in [7, 11) is -4.76. The van der Waals surface area contributed by atoms with Gasteiger partial charge in [0.05, 0.1) is 10.6 Å². The van der Waals surface area contributed by atoms with Crippen molar-refractivity contribution in [3.63, 3.8) is 0 Å². The number of carbonyl (C=O) groups excluding carboxylic acids is 1. The maximum atomic E-state index is 12.6. The van der Waals surface area contributed by atoms with Crippen LogP contribution < -0.4 is 10.6 Å². The molecule has 0 saturated heterocycles. The Bertz CT molecular complexity index is 591. The van der Waals surface area contributed by atoms with Gasteiger partial charge in [-0.25, -0.2) is 8.42 Å². The molecule has 0 aliphatic heterocycles. The molecule has 1 rings (SSSR count). The van der Waals surface area contributed by atoms with Gasteiger partial charge in [-0.15, -0.1) is 0 Å². The molecule has 0 aromatic heterocycles. The number of para-hydroxylation sites is 1. The van der Waals surface area contributed by atoms with Crippen molar-refractivity contribution in [3.8, 4) is 0 Å². The van der Waals surface area contributed by atoms with Crippen molar-refractivity contribution in [2.24, 2.45) is 0 Å². The number of carbonyl (C=O) groups is 1. The quantitative estimate of drug-likeness (QED) is 0.806. The summed E-state index contributed by atoms with van der Waals surface area (Å²) in [5.74, 6) is -3.98. The Hall–Kier alpha value is -1.54. The summed E-state index contributed by atoms with van der Waals surface area (Å²) >= 11 is 0. The molecule has 0 spiro atoms. The van der Waals surface area contributed by atoms with Gasteiger partial charge in [-0.2, -0.15) is 8.78 Å². The van der Waals surface area contributed by atoms with Gasteiger partial charge in [0.25, 0.3) is 0 Å². The van der Waals surface area contributed by atoms with E-state index in [1.165, 1.54) is 18.2 Å². The zero-order chi connectivity index (χ0) is 16.0. The molecule has 1 aromatic rings. The van der Waals surface area contributed by atoms with E-state index in [1.54, 1.807) is 6.92 Å². The average molecular weight is 320 g/mol. The predicted molar refractivity (Wildman–Crippen MR) is 76.0 cm³/mol. The lowest BCUT2D eigenvalue weighted by molar-refractivity contribution is -0.116. The first-order valence-corrected chi connectivity index (χ1v) is 7.98. The van der Waals surface area contributed by atoms with Gasteiger partial charge in [0.15, 0.2) is 0 Å². The second-order valence-electron chi connectivity index (χ2n) is 4.51. The molecule has 21 heavy (non-hydrogen) atoms. The molecule has 1 amide bonds. The number of halogens is 2. The van der Waals surface area contributed by atoms with Crippen LogP contribution >= 0.6 is 0 Å². The van der Waals surface area contributed by atoms with Gasteiger partial charge >= 0.3 is 5.76 Å². The lowest BCUT2D eigenvalue weighted by atomic mass is 10.2. The van der Waals surface area contributed by atoms with Crippen molar-refractivity contribution in [1.82, 2.24) is 5.32 Å². The molecule has 0 aliphatic rings. The highest BCUT2D eigenvalue weighted by atomic mass is 32.2. The fourth-order valence-corrected chi connectivity index (χ4v) is 2.70. The van der Waals surface area contributed by atoms with Gasteiger partial charge in [-0.05, 0) is 25.6 Å². The third-order valence-electron chi connectivity index (χ3n) is 2.75. The van der Waals surface area contributed by atoms with E-state index in [0.717, 1.165) is 6.07 Å². The molecule has 0 radical (unpaired) electrons. The van der Waals surface area contributed by atoms with Crippen LogP contribution in [0.4, 0.5) is 14.5 Å². The number of rotatable bonds is 7. The van der Waals surface area contributed by atoms with Crippen molar-refractivity contribution in [2.45, 2.75) is 37.0 Å². The minimum absolute atomic E-state index is 0.103. The second kappa shape index (κ2) is 7.46. The highest BCUT2D eigenvalue weighted by molar-refractivity contribution is 7.91. The SMILES string of the molecule is CCNC(C)CC(=O)Nc1ccccc1S(=O)(=O)C(F)F. The fourth-order valence-electron chi connectivity index (χ4n) is 1.81. The minimum Gasteiger partial charge on any atom is -0.325 e. The fraction of sp³-hybridized carbons (Fsp3) is 0.462. The summed E-state index contributed by atoms with van der Waals surface area (Å²) in [6.45, 7) is 4.37. The number of hydrogen-bond donors (Lipinski definition) is 2. The first-order valence-electron chi connectivity index (χ1n) is 6.43. The lowest BCUT2D eigenvalue weighted by Gasteiger charge is -2.14. The molecule has 5 nitrogen and oxygen atoms in total. The van der Waals surface area contributed by atoms with Crippen molar-refractivity contribution < 1.29 is 22.0 Å². The van der Waals surface area contributed by atoms with Crippen LogP contribution in [0.3, 0.4) is 0 Å². The van der Waals surface area contributed by atoms with Gasteiger partial charge in [0.2, 0.25) is 15.7 Å². The molecule has 1 atom stereocenters. The van der Waals surface area contributed by atoms with Crippen LogP contribution in [-0.2, 0) is 14.6 Å². The highest BCUT2D eigenvalue weighted by Crippen LogP contribution is 2.26. The van der Waals surface area contributed by atoms with Gasteiger partial charge < -0.3 is 10.6 Å². The molecule has 8 heteroatoms. The molecule has 0 bridgehead atoms. The number of sulfone groups is 1. The smallest absolute Gasteiger partial charge is 0.325 e. The van der Waals surface area contributed by atoms with E-state index in [0.29, 0.717) is 6.54 Å². The van der Waals surface area contributed by atoms with Gasteiger partial charge in [0.1, 0.15) is 0 Å². The lowest BCUT2D eigenvalue weighted by Crippen LogP contribution is -2.30. The number of amides is 1. The van der Waals surface area contributed by atoms with Crippen LogP contribution in [0.25, 0.3) is 0 Å². The zero-order valence-electron chi connectivity index (χ0n) is 11.8. The maximum absolute atomic E-state index is 12.6. The molecular weight excluding hydrogens is 302 g/mol. The standard InChI is InChI=1S/C13H18F2N2O3S/c1-3-16-9(2)8-12(18)17-10-6-4-5-7-11(10)21(19,20)13(14)15/h4-7,9,13,16H,3,8H2,1-2H3,(H,17,18). The predicted octanol–water partition coefficient (Wildman–Crippen LogP) is 2.01. The number of benzene rings is 1. The molecule has 1 unspecified atom stereocenters. The topological polar surface area (TPSA) is 75.3 Å². The van der Waals surface area contributed by atoms with E-state index in [-0.39, 0.29) is 18.2 Å². The van der Waals surface area contributed by atoms with E-state index in [4.69, 9.17) is 0 Å². The van der Waals surface area contributed by atoms with E-state index >= 15 is 0 Å². The molecule has 0 fully saturated rings. The number of nitrogens with one attached hydrogen (secondary N) is 2.